The molecular formula is C16H19ClN4O5S. The number of hydrogen-bond donors (Lipinski definition) is 5. The summed E-state index contributed by atoms with van der Waals surface area (Å²) >= 11 is 6.01. The molecule has 0 fully saturated rings. The molecule has 0 atom stereocenters. The average molecular weight is 415 g/mol. The summed E-state index contributed by atoms with van der Waals surface area (Å²) in [6.07, 6.45) is 1.10. The number of rotatable bonds is 6. The molecule has 0 saturated heterocycles. The van der Waals surface area contributed by atoms with Crippen LogP contribution in [-0.4, -0.2) is 42.5 Å². The Bertz CT molecular complexity index is 984. The van der Waals surface area contributed by atoms with E-state index in [4.69, 9.17) is 16.7 Å². The quantitative estimate of drug-likeness (QED) is 0.478. The van der Waals surface area contributed by atoms with Crippen LogP contribution in [0.4, 0.5) is 5.69 Å². The molecule has 2 rings (SSSR count). The fourth-order valence-corrected chi connectivity index (χ4v) is 2.82. The largest absolute Gasteiger partial charge is 0.394 e. The Morgan fingerprint density at radius 2 is 1.89 bits per heavy atom. The van der Waals surface area contributed by atoms with E-state index in [1.54, 1.807) is 13.8 Å². The van der Waals surface area contributed by atoms with E-state index >= 15 is 0 Å². The average Bonchev–Trinajstić information content (AvgIpc) is 3.04. The molecule has 0 aliphatic rings. The van der Waals surface area contributed by atoms with Gasteiger partial charge in [0.05, 0.1) is 17.0 Å². The number of primary sulfonamides is 1. The van der Waals surface area contributed by atoms with E-state index in [1.807, 2.05) is 0 Å². The number of anilines is 1. The number of nitrogens with two attached hydrogens (primary N) is 1. The molecule has 0 bridgehead atoms. The minimum atomic E-state index is -3.94. The Hall–Kier alpha value is -2.40. The summed E-state index contributed by atoms with van der Waals surface area (Å²) in [6, 6.07) is 5.33. The monoisotopic (exact) mass is 414 g/mol. The van der Waals surface area contributed by atoms with Gasteiger partial charge in [0, 0.05) is 22.5 Å². The van der Waals surface area contributed by atoms with Crippen molar-refractivity contribution >= 4 is 39.1 Å². The van der Waals surface area contributed by atoms with Gasteiger partial charge in [0.15, 0.2) is 0 Å². The number of benzene rings is 1. The van der Waals surface area contributed by atoms with E-state index in [-0.39, 0.29) is 33.5 Å². The first-order valence-corrected chi connectivity index (χ1v) is 9.60. The summed E-state index contributed by atoms with van der Waals surface area (Å²) < 4.78 is 22.6. The molecule has 0 aliphatic heterocycles. The SMILES string of the molecule is CC(C)(CO)NC(=O)c1cc(Cl)cc(NC(=O)c2cc(S(N)(=O)=O)c[nH]2)c1. The van der Waals surface area contributed by atoms with Crippen LogP contribution in [0.1, 0.15) is 34.7 Å². The molecule has 27 heavy (non-hydrogen) atoms. The van der Waals surface area contributed by atoms with E-state index in [0.717, 1.165) is 12.3 Å². The predicted molar refractivity (Wildman–Crippen MR) is 100 cm³/mol. The number of carbonyl (C=O) groups is 2. The highest BCUT2D eigenvalue weighted by Gasteiger charge is 2.21. The van der Waals surface area contributed by atoms with E-state index in [9.17, 15) is 23.1 Å². The third kappa shape index (κ3) is 5.54. The summed E-state index contributed by atoms with van der Waals surface area (Å²) in [5, 5.41) is 19.6. The predicted octanol–water partition coefficient (Wildman–Crippen LogP) is 1.07. The summed E-state index contributed by atoms with van der Waals surface area (Å²) in [5.41, 5.74) is -0.467. The van der Waals surface area contributed by atoms with Crippen LogP contribution >= 0.6 is 11.6 Å². The molecule has 1 aromatic carbocycles. The number of aromatic nitrogens is 1. The van der Waals surface area contributed by atoms with Gasteiger partial charge >= 0.3 is 0 Å². The highest BCUT2D eigenvalue weighted by molar-refractivity contribution is 7.89. The zero-order chi connectivity index (χ0) is 20.4. The molecule has 6 N–H and O–H groups in total. The molecule has 146 valence electrons. The summed E-state index contributed by atoms with van der Waals surface area (Å²) in [4.78, 5) is 26.9. The van der Waals surface area contributed by atoms with Gasteiger partial charge in [-0.2, -0.15) is 0 Å². The van der Waals surface area contributed by atoms with Crippen LogP contribution in [0.2, 0.25) is 5.02 Å². The third-order valence-corrected chi connectivity index (χ3v) is 4.61. The lowest BCUT2D eigenvalue weighted by Crippen LogP contribution is -2.46. The van der Waals surface area contributed by atoms with Crippen molar-refractivity contribution in [3.63, 3.8) is 0 Å². The smallest absolute Gasteiger partial charge is 0.272 e. The number of aliphatic hydroxyl groups excluding tert-OH is 1. The third-order valence-electron chi connectivity index (χ3n) is 3.49. The molecule has 1 aromatic heterocycles. The number of amides is 2. The number of sulfonamides is 1. The number of nitrogens with one attached hydrogen (secondary N) is 3. The topological polar surface area (TPSA) is 154 Å². The van der Waals surface area contributed by atoms with Crippen molar-refractivity contribution in [2.45, 2.75) is 24.3 Å². The standard InChI is InChI=1S/C16H19ClN4O5S/c1-16(2,8-22)21-14(23)9-3-10(17)5-11(4-9)20-15(24)13-6-12(7-19-13)27(18,25)26/h3-7,19,22H,8H2,1-2H3,(H,20,24)(H,21,23)(H2,18,25,26). The van der Waals surface area contributed by atoms with Crippen LogP contribution in [0.25, 0.3) is 0 Å². The second-order valence-electron chi connectivity index (χ2n) is 6.47. The number of carbonyl (C=O) groups excluding carboxylic acids is 2. The first-order chi connectivity index (χ1) is 12.4. The van der Waals surface area contributed by atoms with Crippen molar-refractivity contribution in [3.8, 4) is 0 Å². The van der Waals surface area contributed by atoms with Gasteiger partial charge in [0.2, 0.25) is 10.0 Å². The molecule has 0 radical (unpaired) electrons. The lowest BCUT2D eigenvalue weighted by atomic mass is 10.1. The van der Waals surface area contributed by atoms with Crippen LogP contribution < -0.4 is 15.8 Å². The second-order valence-corrected chi connectivity index (χ2v) is 8.47. The van der Waals surface area contributed by atoms with Crippen molar-refractivity contribution in [1.29, 1.82) is 0 Å². The van der Waals surface area contributed by atoms with Gasteiger partial charge in [-0.15, -0.1) is 0 Å². The molecule has 2 aromatic rings. The van der Waals surface area contributed by atoms with Gasteiger partial charge in [-0.25, -0.2) is 13.6 Å². The minimum Gasteiger partial charge on any atom is -0.394 e. The Labute approximate surface area is 161 Å². The van der Waals surface area contributed by atoms with Gasteiger partial charge in [-0.1, -0.05) is 11.6 Å². The lowest BCUT2D eigenvalue weighted by molar-refractivity contribution is 0.0868. The van der Waals surface area contributed by atoms with Crippen LogP contribution in [0.5, 0.6) is 0 Å². The van der Waals surface area contributed by atoms with Crippen molar-refractivity contribution < 1.29 is 23.1 Å². The number of aromatic amines is 1. The highest BCUT2D eigenvalue weighted by Crippen LogP contribution is 2.21. The minimum absolute atomic E-state index is 0.0357. The number of hydrogen-bond acceptors (Lipinski definition) is 5. The van der Waals surface area contributed by atoms with Crippen LogP contribution in [-0.2, 0) is 10.0 Å². The van der Waals surface area contributed by atoms with Crippen LogP contribution in [0.15, 0.2) is 35.4 Å². The van der Waals surface area contributed by atoms with Gasteiger partial charge in [-0.05, 0) is 38.1 Å². The normalized spacial score (nSPS) is 11.9. The summed E-state index contributed by atoms with van der Waals surface area (Å²) in [5.74, 6) is -1.13. The molecule has 1 heterocycles. The van der Waals surface area contributed by atoms with Crippen molar-refractivity contribution in [3.05, 3.63) is 46.7 Å². The van der Waals surface area contributed by atoms with Crippen molar-refractivity contribution in [2.75, 3.05) is 11.9 Å². The lowest BCUT2D eigenvalue weighted by Gasteiger charge is -2.23. The van der Waals surface area contributed by atoms with Crippen LogP contribution in [0.3, 0.4) is 0 Å². The zero-order valence-corrected chi connectivity index (χ0v) is 16.1. The van der Waals surface area contributed by atoms with E-state index in [0.29, 0.717) is 0 Å². The Morgan fingerprint density at radius 1 is 1.22 bits per heavy atom. The molecule has 0 saturated carbocycles. The number of halogens is 1. The van der Waals surface area contributed by atoms with Crippen LogP contribution in [0, 0.1) is 0 Å². The van der Waals surface area contributed by atoms with E-state index < -0.39 is 27.4 Å². The highest BCUT2D eigenvalue weighted by atomic mass is 35.5. The molecule has 9 nitrogen and oxygen atoms in total. The van der Waals surface area contributed by atoms with Gasteiger partial charge < -0.3 is 20.7 Å². The van der Waals surface area contributed by atoms with Crippen molar-refractivity contribution in [1.82, 2.24) is 10.3 Å². The molecule has 0 spiro atoms. The number of aliphatic hydroxyl groups is 1. The summed E-state index contributed by atoms with van der Waals surface area (Å²) in [7, 11) is -3.94. The zero-order valence-electron chi connectivity index (χ0n) is 14.5. The Balaban J connectivity index is 2.22. The van der Waals surface area contributed by atoms with E-state index in [1.165, 1.54) is 18.2 Å². The van der Waals surface area contributed by atoms with Gasteiger partial charge in [-0.3, -0.25) is 9.59 Å². The molecule has 2 amide bonds. The number of H-pyrrole nitrogens is 1. The Morgan fingerprint density at radius 3 is 2.44 bits per heavy atom. The van der Waals surface area contributed by atoms with E-state index in [2.05, 4.69) is 15.6 Å². The first kappa shape index (κ1) is 20.9. The maximum absolute atomic E-state index is 12.3. The maximum Gasteiger partial charge on any atom is 0.272 e. The Kier molecular flexibility index (Phi) is 5.95. The maximum atomic E-state index is 12.3. The fraction of sp³-hybridized carbons (Fsp3) is 0.250. The van der Waals surface area contributed by atoms with Gasteiger partial charge in [0.25, 0.3) is 11.8 Å². The van der Waals surface area contributed by atoms with Gasteiger partial charge in [0.1, 0.15) is 5.69 Å². The fourth-order valence-electron chi connectivity index (χ4n) is 2.08. The summed E-state index contributed by atoms with van der Waals surface area (Å²) in [6.45, 7) is 3.03. The molecule has 11 heteroatoms. The molecule has 0 unspecified atom stereocenters. The first-order valence-electron chi connectivity index (χ1n) is 7.68. The molecule has 0 aliphatic carbocycles. The molecular weight excluding hydrogens is 396 g/mol. The second kappa shape index (κ2) is 7.69. The van der Waals surface area contributed by atoms with Crippen molar-refractivity contribution in [2.24, 2.45) is 5.14 Å².